The van der Waals surface area contributed by atoms with Gasteiger partial charge in [-0.05, 0) is 29.8 Å². The Hall–Kier alpha value is -3.26. The zero-order valence-corrected chi connectivity index (χ0v) is 18.3. The van der Waals surface area contributed by atoms with Crippen molar-refractivity contribution >= 4 is 21.6 Å². The van der Waals surface area contributed by atoms with Crippen molar-refractivity contribution in [2.75, 3.05) is 32.7 Å². The number of imidazole rings is 1. The second-order valence-corrected chi connectivity index (χ2v) is 9.53. The number of sulfonamides is 1. The van der Waals surface area contributed by atoms with Crippen molar-refractivity contribution in [1.82, 2.24) is 23.9 Å². The number of rotatable bonds is 7. The van der Waals surface area contributed by atoms with Crippen molar-refractivity contribution in [3.63, 3.8) is 0 Å². The monoisotopic (exact) mass is 452 g/mol. The van der Waals surface area contributed by atoms with Crippen LogP contribution in [0.4, 0.5) is 0 Å². The van der Waals surface area contributed by atoms with Crippen LogP contribution in [0.3, 0.4) is 0 Å². The predicted molar refractivity (Wildman–Crippen MR) is 118 cm³/mol. The fraction of sp³-hybridized carbons (Fsp3) is 0.318. The second kappa shape index (κ2) is 9.48. The smallest absolute Gasteiger partial charge is 0.253 e. The molecule has 0 bridgehead atoms. The van der Waals surface area contributed by atoms with Gasteiger partial charge in [0.25, 0.3) is 5.91 Å². The molecule has 1 amide bonds. The molecule has 0 spiro atoms. The molecule has 3 heterocycles. The Balaban J connectivity index is 1.34. The molecular formula is C22H24N6O3S. The summed E-state index contributed by atoms with van der Waals surface area (Å²) in [6.45, 7) is 3.02. The number of pyridine rings is 1. The van der Waals surface area contributed by atoms with Crippen LogP contribution >= 0.6 is 0 Å². The summed E-state index contributed by atoms with van der Waals surface area (Å²) >= 11 is 0. The molecule has 1 aromatic carbocycles. The number of amides is 1. The summed E-state index contributed by atoms with van der Waals surface area (Å²) in [5.41, 5.74) is 2.09. The van der Waals surface area contributed by atoms with Crippen LogP contribution in [0.2, 0.25) is 0 Å². The first kappa shape index (κ1) is 22.0. The number of hydrogen-bond acceptors (Lipinski definition) is 6. The maximum atomic E-state index is 12.9. The molecule has 10 heteroatoms. The predicted octanol–water partition coefficient (Wildman–Crippen LogP) is 1.48. The van der Waals surface area contributed by atoms with E-state index in [-0.39, 0.29) is 10.8 Å². The Morgan fingerprint density at radius 1 is 1.09 bits per heavy atom. The molecule has 1 aliphatic rings. The molecule has 0 radical (unpaired) electrons. The third kappa shape index (κ3) is 4.80. The van der Waals surface area contributed by atoms with Gasteiger partial charge in [-0.15, -0.1) is 0 Å². The van der Waals surface area contributed by atoms with Crippen molar-refractivity contribution in [3.05, 3.63) is 66.1 Å². The molecular weight excluding hydrogens is 428 g/mol. The van der Waals surface area contributed by atoms with E-state index in [4.69, 9.17) is 5.26 Å². The third-order valence-corrected chi connectivity index (χ3v) is 7.45. The molecule has 4 rings (SSSR count). The van der Waals surface area contributed by atoms with Gasteiger partial charge in [-0.3, -0.25) is 9.69 Å². The number of carbonyl (C=O) groups is 1. The van der Waals surface area contributed by atoms with Gasteiger partial charge in [0.2, 0.25) is 10.0 Å². The molecule has 32 heavy (non-hydrogen) atoms. The highest BCUT2D eigenvalue weighted by molar-refractivity contribution is 7.89. The molecule has 0 atom stereocenters. The summed E-state index contributed by atoms with van der Waals surface area (Å²) in [5.74, 6) is -0.216. The van der Waals surface area contributed by atoms with Crippen molar-refractivity contribution in [1.29, 1.82) is 5.26 Å². The van der Waals surface area contributed by atoms with Crippen LogP contribution in [0.5, 0.6) is 0 Å². The lowest BCUT2D eigenvalue weighted by Gasteiger charge is -2.33. The maximum absolute atomic E-state index is 12.9. The summed E-state index contributed by atoms with van der Waals surface area (Å²) < 4.78 is 29.1. The first-order valence-corrected chi connectivity index (χ1v) is 11.8. The number of carbonyl (C=O) groups excluding carboxylic acids is 1. The molecule has 3 aromatic rings. The Labute approximate surface area is 186 Å². The van der Waals surface area contributed by atoms with E-state index in [9.17, 15) is 13.2 Å². The first-order valence-electron chi connectivity index (χ1n) is 10.4. The molecule has 2 aromatic heterocycles. The van der Waals surface area contributed by atoms with Gasteiger partial charge < -0.3 is 9.72 Å². The highest BCUT2D eigenvalue weighted by Crippen LogP contribution is 2.18. The normalized spacial score (nSPS) is 15.5. The van der Waals surface area contributed by atoms with E-state index in [1.165, 1.54) is 4.31 Å². The van der Waals surface area contributed by atoms with Gasteiger partial charge in [-0.1, -0.05) is 12.1 Å². The van der Waals surface area contributed by atoms with Gasteiger partial charge in [0.05, 0.1) is 16.5 Å². The number of fused-ring (bicyclic) bond motifs is 1. The minimum Gasteiger partial charge on any atom is -0.348 e. The summed E-state index contributed by atoms with van der Waals surface area (Å²) in [6, 6.07) is 12.2. The molecule has 0 saturated carbocycles. The average Bonchev–Trinajstić information content (AvgIpc) is 3.30. The standard InChI is InChI=1S/C22H24N6O3S/c23-8-1-10-26-12-14-28(15-13-26)32(30,31)20-5-2-18(3-6-20)16-25-22(29)19-4-7-21-24-9-11-27(21)17-19/h2-7,9,11,17H,1,10,12-16H2,(H,25,29). The van der Waals surface area contributed by atoms with Crippen LogP contribution in [-0.4, -0.2) is 65.6 Å². The minimum atomic E-state index is -3.57. The maximum Gasteiger partial charge on any atom is 0.253 e. The van der Waals surface area contributed by atoms with Gasteiger partial charge in [0.15, 0.2) is 0 Å². The lowest BCUT2D eigenvalue weighted by molar-refractivity contribution is 0.0950. The van der Waals surface area contributed by atoms with Crippen molar-refractivity contribution in [2.45, 2.75) is 17.9 Å². The molecule has 1 saturated heterocycles. The van der Waals surface area contributed by atoms with E-state index in [1.54, 1.807) is 59.4 Å². The van der Waals surface area contributed by atoms with E-state index in [0.29, 0.717) is 51.3 Å². The third-order valence-electron chi connectivity index (χ3n) is 5.54. The van der Waals surface area contributed by atoms with E-state index >= 15 is 0 Å². The number of nitrogens with one attached hydrogen (secondary N) is 1. The van der Waals surface area contributed by atoms with Crippen LogP contribution in [0.1, 0.15) is 22.3 Å². The lowest BCUT2D eigenvalue weighted by Crippen LogP contribution is -2.48. The highest BCUT2D eigenvalue weighted by atomic mass is 32.2. The molecule has 166 valence electrons. The number of nitriles is 1. The van der Waals surface area contributed by atoms with Gasteiger partial charge >= 0.3 is 0 Å². The van der Waals surface area contributed by atoms with Gasteiger partial charge in [-0.25, -0.2) is 13.4 Å². The second-order valence-electron chi connectivity index (χ2n) is 7.59. The van der Waals surface area contributed by atoms with E-state index in [1.807, 2.05) is 0 Å². The number of benzene rings is 1. The van der Waals surface area contributed by atoms with Crippen LogP contribution in [0, 0.1) is 11.3 Å². The zero-order valence-electron chi connectivity index (χ0n) is 17.5. The fourth-order valence-electron chi connectivity index (χ4n) is 3.67. The van der Waals surface area contributed by atoms with Crippen molar-refractivity contribution < 1.29 is 13.2 Å². The highest BCUT2D eigenvalue weighted by Gasteiger charge is 2.28. The number of hydrogen-bond donors (Lipinski definition) is 1. The lowest BCUT2D eigenvalue weighted by atomic mass is 10.2. The Kier molecular flexibility index (Phi) is 6.50. The topological polar surface area (TPSA) is 111 Å². The largest absolute Gasteiger partial charge is 0.348 e. The summed E-state index contributed by atoms with van der Waals surface area (Å²) in [4.78, 5) is 18.9. The van der Waals surface area contributed by atoms with Crippen LogP contribution < -0.4 is 5.32 Å². The quantitative estimate of drug-likeness (QED) is 0.581. The van der Waals surface area contributed by atoms with Crippen LogP contribution in [-0.2, 0) is 16.6 Å². The summed E-state index contributed by atoms with van der Waals surface area (Å²) in [7, 11) is -3.57. The average molecular weight is 453 g/mol. The van der Waals surface area contributed by atoms with Crippen molar-refractivity contribution in [3.8, 4) is 6.07 Å². The van der Waals surface area contributed by atoms with E-state index in [0.717, 1.165) is 11.2 Å². The van der Waals surface area contributed by atoms with Gasteiger partial charge in [0.1, 0.15) is 5.65 Å². The number of piperazine rings is 1. The first-order chi connectivity index (χ1) is 15.5. The van der Waals surface area contributed by atoms with E-state index < -0.39 is 10.0 Å². The molecule has 1 N–H and O–H groups in total. The van der Waals surface area contributed by atoms with E-state index in [2.05, 4.69) is 21.3 Å². The Morgan fingerprint density at radius 3 is 2.56 bits per heavy atom. The van der Waals surface area contributed by atoms with Crippen molar-refractivity contribution in [2.24, 2.45) is 0 Å². The molecule has 1 fully saturated rings. The van der Waals surface area contributed by atoms with Crippen LogP contribution in [0.15, 0.2) is 59.9 Å². The molecule has 1 aliphatic heterocycles. The number of nitrogens with zero attached hydrogens (tertiary/aromatic N) is 5. The summed E-state index contributed by atoms with van der Waals surface area (Å²) in [6.07, 6.45) is 5.61. The number of aromatic nitrogens is 2. The van der Waals surface area contributed by atoms with Gasteiger partial charge in [0, 0.05) is 64.3 Å². The summed E-state index contributed by atoms with van der Waals surface area (Å²) in [5, 5.41) is 11.6. The Morgan fingerprint density at radius 2 is 1.84 bits per heavy atom. The molecule has 9 nitrogen and oxygen atoms in total. The Bertz CT molecular complexity index is 1240. The minimum absolute atomic E-state index is 0.216. The molecule has 0 aliphatic carbocycles. The molecule has 0 unspecified atom stereocenters. The van der Waals surface area contributed by atoms with Gasteiger partial charge in [-0.2, -0.15) is 9.57 Å². The van der Waals surface area contributed by atoms with Crippen LogP contribution in [0.25, 0.3) is 5.65 Å². The SMILES string of the molecule is N#CCCN1CCN(S(=O)(=O)c2ccc(CNC(=O)c3ccc4nccn4c3)cc2)CC1. The zero-order chi connectivity index (χ0) is 22.6. The fourth-order valence-corrected chi connectivity index (χ4v) is 5.09.